The molecule has 4 heterocycles. The predicted molar refractivity (Wildman–Crippen MR) is 128 cm³/mol. The summed E-state index contributed by atoms with van der Waals surface area (Å²) in [6, 6.07) is 10.4. The van der Waals surface area contributed by atoms with Crippen molar-refractivity contribution in [2.45, 2.75) is 45.8 Å². The molecule has 3 aromatic rings. The number of fused-ring (bicyclic) bond motifs is 3. The van der Waals surface area contributed by atoms with Crippen molar-refractivity contribution in [2.24, 2.45) is 5.92 Å². The molecule has 2 aromatic heterocycles. The van der Waals surface area contributed by atoms with Crippen LogP contribution < -0.4 is 0 Å². The Morgan fingerprint density at radius 1 is 1.22 bits per heavy atom. The van der Waals surface area contributed by atoms with E-state index in [0.29, 0.717) is 5.92 Å². The molecule has 32 heavy (non-hydrogen) atoms. The molecule has 1 saturated heterocycles. The summed E-state index contributed by atoms with van der Waals surface area (Å²) in [6.07, 6.45) is 8.95. The number of carbonyl (C=O) groups excluding carboxylic acids is 1. The van der Waals surface area contributed by atoms with E-state index in [1.807, 2.05) is 35.5 Å². The minimum absolute atomic E-state index is 0.173. The Balaban J connectivity index is 1.47. The highest BCUT2D eigenvalue weighted by Gasteiger charge is 2.26. The minimum atomic E-state index is 0.173. The molecule has 5 rings (SSSR count). The van der Waals surface area contributed by atoms with Crippen LogP contribution in [0.15, 0.2) is 55.4 Å². The highest BCUT2D eigenvalue weighted by molar-refractivity contribution is 5.99. The van der Waals surface area contributed by atoms with Gasteiger partial charge in [0, 0.05) is 80.2 Å². The molecule has 1 fully saturated rings. The van der Waals surface area contributed by atoms with Gasteiger partial charge in [0.15, 0.2) is 0 Å². The fourth-order valence-electron chi connectivity index (χ4n) is 5.26. The van der Waals surface area contributed by atoms with Crippen molar-refractivity contribution >= 4 is 16.8 Å². The van der Waals surface area contributed by atoms with Gasteiger partial charge in [-0.2, -0.15) is 0 Å². The highest BCUT2D eigenvalue weighted by atomic mass is 16.2. The summed E-state index contributed by atoms with van der Waals surface area (Å²) in [5.41, 5.74) is 6.01. The first-order valence-electron chi connectivity index (χ1n) is 11.8. The normalized spacial score (nSPS) is 17.5. The number of hydrogen-bond donors (Lipinski definition) is 0. The fourth-order valence-corrected chi connectivity index (χ4v) is 5.26. The van der Waals surface area contributed by atoms with E-state index in [0.717, 1.165) is 64.1 Å². The number of likely N-dealkylation sites (tertiary alicyclic amines) is 1. The molecule has 1 amide bonds. The van der Waals surface area contributed by atoms with Crippen molar-refractivity contribution in [1.29, 1.82) is 0 Å². The second-order valence-corrected chi connectivity index (χ2v) is 9.35. The van der Waals surface area contributed by atoms with E-state index in [9.17, 15) is 4.79 Å². The average molecular weight is 429 g/mol. The fraction of sp³-hybridized carbons (Fsp3) is 0.407. The molecule has 0 N–H and O–H groups in total. The van der Waals surface area contributed by atoms with Gasteiger partial charge in [-0.25, -0.2) is 0 Å². The van der Waals surface area contributed by atoms with Gasteiger partial charge in [-0.3, -0.25) is 14.7 Å². The number of nitrogens with zero attached hydrogens (tertiary/aromatic N) is 4. The van der Waals surface area contributed by atoms with E-state index < -0.39 is 0 Å². The van der Waals surface area contributed by atoms with Crippen LogP contribution in [0.3, 0.4) is 0 Å². The third kappa shape index (κ3) is 3.97. The zero-order valence-electron chi connectivity index (χ0n) is 19.0. The third-order valence-electron chi connectivity index (χ3n) is 7.09. The summed E-state index contributed by atoms with van der Waals surface area (Å²) in [7, 11) is 0. The lowest BCUT2D eigenvalue weighted by Crippen LogP contribution is -2.37. The summed E-state index contributed by atoms with van der Waals surface area (Å²) in [6.45, 7) is 11.6. The summed E-state index contributed by atoms with van der Waals surface area (Å²) in [4.78, 5) is 22.0. The van der Waals surface area contributed by atoms with Crippen molar-refractivity contribution in [3.8, 4) is 0 Å². The van der Waals surface area contributed by atoms with Crippen LogP contribution in [0.25, 0.3) is 10.9 Å². The maximum absolute atomic E-state index is 13.2. The van der Waals surface area contributed by atoms with Gasteiger partial charge in [0.05, 0.1) is 0 Å². The average Bonchev–Trinajstić information content (AvgIpc) is 3.12. The minimum Gasteiger partial charge on any atom is -0.340 e. The lowest BCUT2D eigenvalue weighted by atomic mass is 9.98. The smallest absolute Gasteiger partial charge is 0.253 e. The largest absolute Gasteiger partial charge is 0.340 e. The molecule has 2 aliphatic rings. The molecule has 0 radical (unpaired) electrons. The molecule has 0 atom stereocenters. The first-order chi connectivity index (χ1) is 15.6. The van der Waals surface area contributed by atoms with Crippen LogP contribution in [-0.4, -0.2) is 44.9 Å². The standard InChI is InChI=1S/C27H32N4O/c1-3-12-31-25-7-6-22(27(32)30-14-8-20(2)9-15-30)16-23(25)24-19-29(13-10-26(24)31)18-21-5-4-11-28-17-21/h3-7,11,16-17,20H,1,8-10,12-15,18-19H2,2H3. The first-order valence-corrected chi connectivity index (χ1v) is 11.8. The summed E-state index contributed by atoms with van der Waals surface area (Å²) in [5, 5.41) is 1.22. The number of pyridine rings is 1. The monoisotopic (exact) mass is 428 g/mol. The van der Waals surface area contributed by atoms with E-state index in [-0.39, 0.29) is 5.91 Å². The van der Waals surface area contributed by atoms with Crippen LogP contribution in [0.5, 0.6) is 0 Å². The summed E-state index contributed by atoms with van der Waals surface area (Å²) in [5.74, 6) is 0.888. The zero-order chi connectivity index (χ0) is 22.1. The molecule has 166 valence electrons. The quantitative estimate of drug-likeness (QED) is 0.556. The van der Waals surface area contributed by atoms with Gasteiger partial charge in [-0.05, 0) is 54.2 Å². The van der Waals surface area contributed by atoms with Crippen molar-refractivity contribution in [3.63, 3.8) is 0 Å². The molecule has 5 heteroatoms. The Bertz CT molecular complexity index is 1130. The third-order valence-corrected chi connectivity index (χ3v) is 7.09. The SMILES string of the molecule is C=CCn1c2c(c3cc(C(=O)N4CCC(C)CC4)ccc31)CN(Cc1cccnc1)CC2. The van der Waals surface area contributed by atoms with Gasteiger partial charge in [-0.15, -0.1) is 6.58 Å². The molecule has 0 spiro atoms. The van der Waals surface area contributed by atoms with Crippen LogP contribution in [0, 0.1) is 5.92 Å². The van der Waals surface area contributed by atoms with Crippen LogP contribution >= 0.6 is 0 Å². The first kappa shape index (κ1) is 21.0. The number of carbonyl (C=O) groups is 1. The van der Waals surface area contributed by atoms with E-state index in [1.165, 1.54) is 27.7 Å². The van der Waals surface area contributed by atoms with Gasteiger partial charge in [0.2, 0.25) is 0 Å². The Kier molecular flexibility index (Phi) is 5.83. The van der Waals surface area contributed by atoms with Gasteiger partial charge >= 0.3 is 0 Å². The summed E-state index contributed by atoms with van der Waals surface area (Å²) < 4.78 is 2.38. The Hall–Kier alpha value is -2.92. The van der Waals surface area contributed by atoms with Gasteiger partial charge in [0.25, 0.3) is 5.91 Å². The lowest BCUT2D eigenvalue weighted by molar-refractivity contribution is 0.0697. The number of aromatic nitrogens is 2. The second kappa shape index (κ2) is 8.91. The highest BCUT2D eigenvalue weighted by Crippen LogP contribution is 2.33. The zero-order valence-corrected chi connectivity index (χ0v) is 19.0. The van der Waals surface area contributed by atoms with Crippen molar-refractivity contribution in [2.75, 3.05) is 19.6 Å². The molecular formula is C27H32N4O. The van der Waals surface area contributed by atoms with E-state index in [1.54, 1.807) is 0 Å². The molecule has 2 aliphatic heterocycles. The number of piperidine rings is 1. The molecule has 1 aromatic carbocycles. The molecule has 0 bridgehead atoms. The Labute approximate surface area is 190 Å². The van der Waals surface area contributed by atoms with Crippen LogP contribution in [0.1, 0.15) is 46.9 Å². The van der Waals surface area contributed by atoms with E-state index in [4.69, 9.17) is 0 Å². The number of amides is 1. The van der Waals surface area contributed by atoms with Gasteiger partial charge in [-0.1, -0.05) is 19.1 Å². The number of benzene rings is 1. The predicted octanol–water partition coefficient (Wildman–Crippen LogP) is 4.65. The van der Waals surface area contributed by atoms with Crippen molar-refractivity contribution in [3.05, 3.63) is 77.8 Å². The van der Waals surface area contributed by atoms with E-state index >= 15 is 0 Å². The number of rotatable bonds is 5. The Morgan fingerprint density at radius 2 is 2.06 bits per heavy atom. The number of hydrogen-bond acceptors (Lipinski definition) is 3. The number of allylic oxidation sites excluding steroid dienone is 1. The van der Waals surface area contributed by atoms with Crippen molar-refractivity contribution < 1.29 is 4.79 Å². The molecule has 0 unspecified atom stereocenters. The van der Waals surface area contributed by atoms with Crippen LogP contribution in [0.4, 0.5) is 0 Å². The van der Waals surface area contributed by atoms with Crippen molar-refractivity contribution in [1.82, 2.24) is 19.4 Å². The molecular weight excluding hydrogens is 396 g/mol. The summed E-state index contributed by atoms with van der Waals surface area (Å²) >= 11 is 0. The maximum Gasteiger partial charge on any atom is 0.253 e. The topological polar surface area (TPSA) is 41.4 Å². The molecule has 0 aliphatic carbocycles. The van der Waals surface area contributed by atoms with Crippen LogP contribution in [0.2, 0.25) is 0 Å². The molecule has 0 saturated carbocycles. The van der Waals surface area contributed by atoms with Gasteiger partial charge < -0.3 is 9.47 Å². The molecule has 5 nitrogen and oxygen atoms in total. The lowest BCUT2D eigenvalue weighted by Gasteiger charge is -2.30. The second-order valence-electron chi connectivity index (χ2n) is 9.35. The Morgan fingerprint density at radius 3 is 2.81 bits per heavy atom. The van der Waals surface area contributed by atoms with Crippen LogP contribution in [-0.2, 0) is 26.1 Å². The van der Waals surface area contributed by atoms with Gasteiger partial charge in [0.1, 0.15) is 0 Å². The van der Waals surface area contributed by atoms with E-state index in [2.05, 4.69) is 46.2 Å². The maximum atomic E-state index is 13.2.